The zero-order valence-electron chi connectivity index (χ0n) is 13.6. The number of carbonyl (C=O) groups excluding carboxylic acids is 1. The van der Waals surface area contributed by atoms with Gasteiger partial charge in [-0.25, -0.2) is 0 Å². The van der Waals surface area contributed by atoms with Crippen LogP contribution in [0.1, 0.15) is 23.1 Å². The average molecular weight is 345 g/mol. The molecule has 5 heteroatoms. The molecular weight excluding hydrogens is 327 g/mol. The summed E-state index contributed by atoms with van der Waals surface area (Å²) in [5.74, 6) is -0.0821. The van der Waals surface area contributed by atoms with Gasteiger partial charge in [-0.2, -0.15) is 13.2 Å². The molecule has 130 valence electrons. The molecule has 0 N–H and O–H groups in total. The maximum Gasteiger partial charge on any atom is 0.416 e. The van der Waals surface area contributed by atoms with Gasteiger partial charge in [0.15, 0.2) is 5.78 Å². The van der Waals surface area contributed by atoms with Gasteiger partial charge in [-0.05, 0) is 23.3 Å². The molecule has 3 rings (SSSR count). The van der Waals surface area contributed by atoms with Gasteiger partial charge in [-0.3, -0.25) is 9.69 Å². The van der Waals surface area contributed by atoms with Crippen molar-refractivity contribution >= 4 is 11.9 Å². The van der Waals surface area contributed by atoms with Crippen LogP contribution in [-0.4, -0.2) is 23.8 Å². The summed E-state index contributed by atoms with van der Waals surface area (Å²) in [7, 11) is 0. The fourth-order valence-electron chi connectivity index (χ4n) is 3.00. The number of alkyl halides is 3. The number of rotatable bonds is 3. The van der Waals surface area contributed by atoms with E-state index < -0.39 is 11.7 Å². The molecule has 0 atom stereocenters. The predicted molar refractivity (Wildman–Crippen MR) is 90.8 cm³/mol. The predicted octanol–water partition coefficient (Wildman–Crippen LogP) is 4.56. The van der Waals surface area contributed by atoms with Gasteiger partial charge >= 0.3 is 6.18 Å². The molecule has 0 radical (unpaired) electrons. The molecule has 2 aromatic carbocycles. The molecule has 1 heterocycles. The normalized spacial score (nSPS) is 17.9. The first-order valence-corrected chi connectivity index (χ1v) is 8.10. The Kier molecular flexibility index (Phi) is 5.04. The van der Waals surface area contributed by atoms with Crippen molar-refractivity contribution in [2.45, 2.75) is 19.1 Å². The monoisotopic (exact) mass is 345 g/mol. The largest absolute Gasteiger partial charge is 0.416 e. The van der Waals surface area contributed by atoms with Crippen LogP contribution in [0.4, 0.5) is 13.2 Å². The second kappa shape index (κ2) is 7.23. The smallest absolute Gasteiger partial charge is 0.294 e. The van der Waals surface area contributed by atoms with E-state index >= 15 is 0 Å². The summed E-state index contributed by atoms with van der Waals surface area (Å²) in [6.45, 7) is 1.65. The quantitative estimate of drug-likeness (QED) is 0.760. The van der Waals surface area contributed by atoms with Crippen molar-refractivity contribution in [3.8, 4) is 0 Å². The van der Waals surface area contributed by atoms with E-state index in [4.69, 9.17) is 0 Å². The summed E-state index contributed by atoms with van der Waals surface area (Å²) >= 11 is 0. The molecule has 1 saturated heterocycles. The Balaban J connectivity index is 1.83. The first kappa shape index (κ1) is 17.4. The summed E-state index contributed by atoms with van der Waals surface area (Å²) in [5.41, 5.74) is 0.876. The van der Waals surface area contributed by atoms with Crippen LogP contribution in [0.5, 0.6) is 0 Å². The minimum Gasteiger partial charge on any atom is -0.294 e. The fourth-order valence-corrected chi connectivity index (χ4v) is 3.00. The number of Topliss-reactive ketones (excluding diaryl/α,β-unsaturated/α-hetero) is 1. The summed E-state index contributed by atoms with van der Waals surface area (Å²) in [6, 6.07) is 15.2. The zero-order chi connectivity index (χ0) is 17.9. The molecule has 0 unspecified atom stereocenters. The maximum absolute atomic E-state index is 13.1. The van der Waals surface area contributed by atoms with Gasteiger partial charge in [-0.1, -0.05) is 48.5 Å². The first-order chi connectivity index (χ1) is 11.9. The van der Waals surface area contributed by atoms with Gasteiger partial charge in [0.1, 0.15) is 0 Å². The third-order valence-corrected chi connectivity index (χ3v) is 4.25. The highest BCUT2D eigenvalue weighted by Crippen LogP contribution is 2.33. The number of nitrogens with zero attached hydrogens (tertiary/aromatic N) is 1. The molecule has 0 amide bonds. The van der Waals surface area contributed by atoms with E-state index in [-0.39, 0.29) is 11.3 Å². The highest BCUT2D eigenvalue weighted by Gasteiger charge is 2.33. The Labute approximate surface area is 144 Å². The molecule has 1 aliphatic heterocycles. The minimum atomic E-state index is -4.44. The van der Waals surface area contributed by atoms with Crippen LogP contribution in [0.3, 0.4) is 0 Å². The molecule has 0 saturated carbocycles. The summed E-state index contributed by atoms with van der Waals surface area (Å²) in [6.07, 6.45) is -2.72. The number of halogens is 3. The van der Waals surface area contributed by atoms with Crippen LogP contribution in [0.25, 0.3) is 6.08 Å². The molecule has 25 heavy (non-hydrogen) atoms. The Morgan fingerprint density at radius 3 is 2.40 bits per heavy atom. The van der Waals surface area contributed by atoms with Gasteiger partial charge in [0.05, 0.1) is 5.56 Å². The van der Waals surface area contributed by atoms with Crippen molar-refractivity contribution in [2.24, 2.45) is 0 Å². The van der Waals surface area contributed by atoms with Crippen molar-refractivity contribution in [1.82, 2.24) is 4.90 Å². The molecule has 1 fully saturated rings. The standard InChI is InChI=1S/C20H18F3NO/c21-20(22,23)18-9-5-4-8-16(18)12-17-14-24(11-10-19(17)25)13-15-6-2-1-3-7-15/h1-9,12H,10-11,13-14H2/b17-12+. The molecule has 2 aromatic rings. The van der Waals surface area contributed by atoms with Gasteiger partial charge in [0.2, 0.25) is 0 Å². The molecule has 1 aliphatic rings. The second-order valence-electron chi connectivity index (χ2n) is 6.12. The molecule has 0 spiro atoms. The van der Waals surface area contributed by atoms with Gasteiger partial charge < -0.3 is 0 Å². The minimum absolute atomic E-state index is 0.0416. The van der Waals surface area contributed by atoms with E-state index in [1.54, 1.807) is 6.07 Å². The van der Waals surface area contributed by atoms with Crippen LogP contribution in [-0.2, 0) is 17.5 Å². The topological polar surface area (TPSA) is 20.3 Å². The third-order valence-electron chi connectivity index (χ3n) is 4.25. The summed E-state index contributed by atoms with van der Waals surface area (Å²) in [5, 5.41) is 0. The van der Waals surface area contributed by atoms with E-state index in [0.29, 0.717) is 31.6 Å². The van der Waals surface area contributed by atoms with Crippen LogP contribution >= 0.6 is 0 Å². The van der Waals surface area contributed by atoms with E-state index in [9.17, 15) is 18.0 Å². The summed E-state index contributed by atoms with van der Waals surface area (Å²) in [4.78, 5) is 14.3. The van der Waals surface area contributed by atoms with Crippen LogP contribution in [0.2, 0.25) is 0 Å². The number of piperidine rings is 1. The van der Waals surface area contributed by atoms with E-state index in [2.05, 4.69) is 4.90 Å². The lowest BCUT2D eigenvalue weighted by atomic mass is 9.97. The Bertz CT molecular complexity index is 781. The van der Waals surface area contributed by atoms with E-state index in [1.807, 2.05) is 30.3 Å². The van der Waals surface area contributed by atoms with E-state index in [1.165, 1.54) is 18.2 Å². The van der Waals surface area contributed by atoms with Crippen molar-refractivity contribution in [1.29, 1.82) is 0 Å². The highest BCUT2D eigenvalue weighted by molar-refractivity contribution is 6.00. The number of carbonyl (C=O) groups is 1. The van der Waals surface area contributed by atoms with Gasteiger partial charge in [0, 0.05) is 31.6 Å². The Morgan fingerprint density at radius 1 is 1.00 bits per heavy atom. The third kappa shape index (κ3) is 4.37. The lowest BCUT2D eigenvalue weighted by Crippen LogP contribution is -2.35. The molecule has 2 nitrogen and oxygen atoms in total. The molecule has 0 bridgehead atoms. The second-order valence-corrected chi connectivity index (χ2v) is 6.12. The van der Waals surface area contributed by atoms with Crippen LogP contribution in [0.15, 0.2) is 60.2 Å². The average Bonchev–Trinajstić information content (AvgIpc) is 2.58. The van der Waals surface area contributed by atoms with Gasteiger partial charge in [-0.15, -0.1) is 0 Å². The van der Waals surface area contributed by atoms with Crippen molar-refractivity contribution in [2.75, 3.05) is 13.1 Å². The highest BCUT2D eigenvalue weighted by atomic mass is 19.4. The summed E-state index contributed by atoms with van der Waals surface area (Å²) < 4.78 is 39.4. The van der Waals surface area contributed by atoms with Crippen LogP contribution < -0.4 is 0 Å². The number of likely N-dealkylation sites (tertiary alicyclic amines) is 1. The SMILES string of the molecule is O=C1CCN(Cc2ccccc2)C/C1=C\c1ccccc1C(F)(F)F. The maximum atomic E-state index is 13.1. The van der Waals surface area contributed by atoms with Crippen LogP contribution in [0, 0.1) is 0 Å². The van der Waals surface area contributed by atoms with Gasteiger partial charge in [0.25, 0.3) is 0 Å². The fraction of sp³-hybridized carbons (Fsp3) is 0.250. The molecular formula is C20H18F3NO. The first-order valence-electron chi connectivity index (χ1n) is 8.10. The lowest BCUT2D eigenvalue weighted by Gasteiger charge is -2.28. The number of benzene rings is 2. The number of ketones is 1. The van der Waals surface area contributed by atoms with Crippen molar-refractivity contribution < 1.29 is 18.0 Å². The van der Waals surface area contributed by atoms with E-state index in [0.717, 1.165) is 11.6 Å². The Hall–Kier alpha value is -2.40. The zero-order valence-corrected chi connectivity index (χ0v) is 13.6. The number of hydrogen-bond acceptors (Lipinski definition) is 2. The Morgan fingerprint density at radius 2 is 1.68 bits per heavy atom. The molecule has 0 aromatic heterocycles. The lowest BCUT2D eigenvalue weighted by molar-refractivity contribution is -0.137. The van der Waals surface area contributed by atoms with Crippen molar-refractivity contribution in [3.05, 3.63) is 76.9 Å². The van der Waals surface area contributed by atoms with Crippen molar-refractivity contribution in [3.63, 3.8) is 0 Å². The molecule has 0 aliphatic carbocycles. The number of hydrogen-bond donors (Lipinski definition) is 0.